The van der Waals surface area contributed by atoms with Gasteiger partial charge in [0.25, 0.3) is 0 Å². The van der Waals surface area contributed by atoms with Crippen LogP contribution in [0.25, 0.3) is 0 Å². The minimum atomic E-state index is -0.396. The van der Waals surface area contributed by atoms with Crippen LogP contribution in [0.1, 0.15) is 12.5 Å². The van der Waals surface area contributed by atoms with Crippen molar-refractivity contribution >= 4 is 5.71 Å². The zero-order valence-corrected chi connectivity index (χ0v) is 7.31. The molecule has 0 aromatic heterocycles. The van der Waals surface area contributed by atoms with Gasteiger partial charge >= 0.3 is 0 Å². The molecule has 70 valence electrons. The second-order valence-corrected chi connectivity index (χ2v) is 2.70. The van der Waals surface area contributed by atoms with Gasteiger partial charge in [0.15, 0.2) is 0 Å². The van der Waals surface area contributed by atoms with E-state index >= 15 is 0 Å². The van der Waals surface area contributed by atoms with Crippen molar-refractivity contribution in [2.75, 3.05) is 0 Å². The molecule has 4 heteroatoms. The van der Waals surface area contributed by atoms with Crippen LogP contribution in [0.2, 0.25) is 0 Å². The van der Waals surface area contributed by atoms with Crippen LogP contribution in [0.3, 0.4) is 0 Å². The minimum absolute atomic E-state index is 0.396. The molecule has 0 amide bonds. The van der Waals surface area contributed by atoms with Crippen molar-refractivity contribution in [1.82, 2.24) is 5.48 Å². The molecular formula is C9H12N2O2. The zero-order chi connectivity index (χ0) is 9.68. The first-order valence-corrected chi connectivity index (χ1v) is 3.96. The highest BCUT2D eigenvalue weighted by molar-refractivity contribution is 6.03. The maximum Gasteiger partial charge on any atom is 0.106 e. The number of hydroxylamine groups is 1. The van der Waals surface area contributed by atoms with E-state index in [1.807, 2.05) is 35.8 Å². The monoisotopic (exact) mass is 180 g/mol. The van der Waals surface area contributed by atoms with E-state index < -0.39 is 6.04 Å². The fourth-order valence-electron chi connectivity index (χ4n) is 1.06. The van der Waals surface area contributed by atoms with Gasteiger partial charge in [0.2, 0.25) is 0 Å². The SMILES string of the molecule is C[C@@H](NO)/C(=N\O)c1ccccc1. The summed E-state index contributed by atoms with van der Waals surface area (Å²) < 4.78 is 0. The number of nitrogens with zero attached hydrogens (tertiary/aromatic N) is 1. The van der Waals surface area contributed by atoms with Crippen LogP contribution >= 0.6 is 0 Å². The summed E-state index contributed by atoms with van der Waals surface area (Å²) in [5, 5.41) is 20.5. The molecule has 0 heterocycles. The van der Waals surface area contributed by atoms with Gasteiger partial charge < -0.3 is 10.4 Å². The van der Waals surface area contributed by atoms with E-state index in [0.717, 1.165) is 5.56 Å². The molecule has 1 aromatic rings. The van der Waals surface area contributed by atoms with Crippen molar-refractivity contribution in [2.24, 2.45) is 5.16 Å². The Morgan fingerprint density at radius 1 is 1.38 bits per heavy atom. The molecule has 1 aromatic carbocycles. The molecule has 0 unspecified atom stereocenters. The molecule has 0 bridgehead atoms. The summed E-state index contributed by atoms with van der Waals surface area (Å²) in [4.78, 5) is 0. The van der Waals surface area contributed by atoms with Crippen LogP contribution in [-0.4, -0.2) is 22.2 Å². The molecule has 3 N–H and O–H groups in total. The quantitative estimate of drug-likeness (QED) is 0.372. The number of nitrogens with one attached hydrogen (secondary N) is 1. The summed E-state index contributed by atoms with van der Waals surface area (Å²) in [6, 6.07) is 8.77. The first-order chi connectivity index (χ1) is 6.29. The third-order valence-electron chi connectivity index (χ3n) is 1.78. The second kappa shape index (κ2) is 4.59. The molecule has 0 radical (unpaired) electrons. The predicted molar refractivity (Wildman–Crippen MR) is 49.1 cm³/mol. The zero-order valence-electron chi connectivity index (χ0n) is 7.31. The van der Waals surface area contributed by atoms with Gasteiger partial charge in [0.05, 0.1) is 6.04 Å². The highest BCUT2D eigenvalue weighted by Gasteiger charge is 2.11. The molecule has 0 spiro atoms. The van der Waals surface area contributed by atoms with Gasteiger partial charge in [-0.3, -0.25) is 0 Å². The standard InChI is InChI=1S/C9H12N2O2/c1-7(10-12)9(11-13)8-5-3-2-4-6-8/h2-7,10,12-13H,1H3/b11-9+/t7-/m1/s1. The lowest BCUT2D eigenvalue weighted by Gasteiger charge is -2.10. The molecular weight excluding hydrogens is 168 g/mol. The van der Waals surface area contributed by atoms with E-state index in [-0.39, 0.29) is 0 Å². The highest BCUT2D eigenvalue weighted by atomic mass is 16.5. The van der Waals surface area contributed by atoms with E-state index in [1.54, 1.807) is 6.92 Å². The number of rotatable bonds is 3. The normalized spacial score (nSPS) is 14.2. The maximum absolute atomic E-state index is 8.72. The Hall–Kier alpha value is -1.39. The number of hydrogen-bond acceptors (Lipinski definition) is 4. The Labute approximate surface area is 76.5 Å². The van der Waals surface area contributed by atoms with E-state index in [1.165, 1.54) is 0 Å². The van der Waals surface area contributed by atoms with E-state index in [0.29, 0.717) is 5.71 Å². The summed E-state index contributed by atoms with van der Waals surface area (Å²) >= 11 is 0. The first kappa shape index (κ1) is 9.70. The van der Waals surface area contributed by atoms with Gasteiger partial charge in [-0.1, -0.05) is 35.5 Å². The Bertz CT molecular complexity index is 285. The lowest BCUT2D eigenvalue weighted by molar-refractivity contribution is 0.154. The van der Waals surface area contributed by atoms with E-state index in [9.17, 15) is 0 Å². The van der Waals surface area contributed by atoms with Crippen LogP contribution in [0.15, 0.2) is 35.5 Å². The Morgan fingerprint density at radius 2 is 2.00 bits per heavy atom. The molecule has 13 heavy (non-hydrogen) atoms. The molecule has 0 aliphatic rings. The predicted octanol–water partition coefficient (Wildman–Crippen LogP) is 1.23. The second-order valence-electron chi connectivity index (χ2n) is 2.70. The molecule has 0 aliphatic heterocycles. The largest absolute Gasteiger partial charge is 0.411 e. The maximum atomic E-state index is 8.72. The van der Waals surface area contributed by atoms with E-state index in [4.69, 9.17) is 10.4 Å². The fraction of sp³-hybridized carbons (Fsp3) is 0.222. The first-order valence-electron chi connectivity index (χ1n) is 3.96. The van der Waals surface area contributed by atoms with Crippen molar-refractivity contribution in [3.8, 4) is 0 Å². The smallest absolute Gasteiger partial charge is 0.106 e. The van der Waals surface area contributed by atoms with E-state index in [2.05, 4.69) is 5.16 Å². The Kier molecular flexibility index (Phi) is 3.42. The lowest BCUT2D eigenvalue weighted by atomic mass is 10.1. The van der Waals surface area contributed by atoms with Crippen LogP contribution in [0.4, 0.5) is 0 Å². The van der Waals surface area contributed by atoms with Gasteiger partial charge in [0.1, 0.15) is 5.71 Å². The van der Waals surface area contributed by atoms with Gasteiger partial charge in [-0.2, -0.15) is 5.48 Å². The van der Waals surface area contributed by atoms with Crippen molar-refractivity contribution in [2.45, 2.75) is 13.0 Å². The summed E-state index contributed by atoms with van der Waals surface area (Å²) in [5.74, 6) is 0. The van der Waals surface area contributed by atoms with Crippen LogP contribution in [0, 0.1) is 0 Å². The third kappa shape index (κ3) is 2.27. The van der Waals surface area contributed by atoms with Gasteiger partial charge in [-0.25, -0.2) is 0 Å². The molecule has 0 saturated heterocycles. The topological polar surface area (TPSA) is 64.8 Å². The highest BCUT2D eigenvalue weighted by Crippen LogP contribution is 2.03. The fourth-order valence-corrected chi connectivity index (χ4v) is 1.06. The molecule has 0 aliphatic carbocycles. The summed E-state index contributed by atoms with van der Waals surface area (Å²) in [6.45, 7) is 1.70. The minimum Gasteiger partial charge on any atom is -0.411 e. The van der Waals surface area contributed by atoms with Crippen molar-refractivity contribution in [1.29, 1.82) is 0 Å². The lowest BCUT2D eigenvalue weighted by Crippen LogP contribution is -2.31. The third-order valence-corrected chi connectivity index (χ3v) is 1.78. The van der Waals surface area contributed by atoms with Crippen LogP contribution in [0.5, 0.6) is 0 Å². The molecule has 1 rings (SSSR count). The summed E-state index contributed by atoms with van der Waals surface area (Å²) in [6.07, 6.45) is 0. The summed E-state index contributed by atoms with van der Waals surface area (Å²) in [7, 11) is 0. The average Bonchev–Trinajstić information content (AvgIpc) is 2.20. The Morgan fingerprint density at radius 3 is 2.46 bits per heavy atom. The number of hydrogen-bond donors (Lipinski definition) is 3. The molecule has 1 atom stereocenters. The molecule has 0 saturated carbocycles. The average molecular weight is 180 g/mol. The molecule has 0 fully saturated rings. The molecule has 4 nitrogen and oxygen atoms in total. The van der Waals surface area contributed by atoms with Crippen LogP contribution < -0.4 is 5.48 Å². The van der Waals surface area contributed by atoms with Crippen LogP contribution in [-0.2, 0) is 0 Å². The van der Waals surface area contributed by atoms with Crippen molar-refractivity contribution in [3.05, 3.63) is 35.9 Å². The number of oxime groups is 1. The number of benzene rings is 1. The van der Waals surface area contributed by atoms with Gasteiger partial charge in [-0.05, 0) is 6.92 Å². The Balaban J connectivity index is 2.93. The van der Waals surface area contributed by atoms with Gasteiger partial charge in [-0.15, -0.1) is 0 Å². The van der Waals surface area contributed by atoms with Crippen molar-refractivity contribution < 1.29 is 10.4 Å². The van der Waals surface area contributed by atoms with Crippen molar-refractivity contribution in [3.63, 3.8) is 0 Å². The van der Waals surface area contributed by atoms with Gasteiger partial charge in [0, 0.05) is 5.56 Å². The summed E-state index contributed by atoms with van der Waals surface area (Å²) in [5.41, 5.74) is 3.21.